The summed E-state index contributed by atoms with van der Waals surface area (Å²) < 4.78 is 6.51. The molecule has 0 spiro atoms. The van der Waals surface area contributed by atoms with Crippen LogP contribution in [-0.4, -0.2) is 12.4 Å². The summed E-state index contributed by atoms with van der Waals surface area (Å²) in [4.78, 5) is 12.5. The normalized spacial score (nSPS) is 10.3. The number of halogens is 1. The number of aryl methyl sites for hydroxylation is 1. The lowest BCUT2D eigenvalue weighted by atomic mass is 10.0. The zero-order valence-corrected chi connectivity index (χ0v) is 12.5. The van der Waals surface area contributed by atoms with Gasteiger partial charge in [0.05, 0.1) is 12.2 Å². The number of ketones is 1. The molecule has 19 heavy (non-hydrogen) atoms. The maximum atomic E-state index is 12.5. The fraction of sp³-hybridized carbons (Fsp3) is 0.188. The van der Waals surface area contributed by atoms with Gasteiger partial charge in [0, 0.05) is 10.0 Å². The second kappa shape index (κ2) is 6.02. The molecular formula is C16H15BrO2. The molecule has 0 amide bonds. The first-order chi connectivity index (χ1) is 9.13. The van der Waals surface area contributed by atoms with Crippen LogP contribution in [0.5, 0.6) is 5.75 Å². The summed E-state index contributed by atoms with van der Waals surface area (Å²) in [6.07, 6.45) is 0. The molecule has 2 aromatic rings. The van der Waals surface area contributed by atoms with Gasteiger partial charge < -0.3 is 4.74 Å². The summed E-state index contributed by atoms with van der Waals surface area (Å²) in [6, 6.07) is 12.9. The van der Waals surface area contributed by atoms with Crippen molar-refractivity contribution in [3.8, 4) is 5.75 Å². The van der Waals surface area contributed by atoms with Crippen LogP contribution in [0.3, 0.4) is 0 Å². The van der Waals surface area contributed by atoms with Crippen LogP contribution in [-0.2, 0) is 0 Å². The molecule has 0 heterocycles. The Morgan fingerprint density at radius 3 is 2.63 bits per heavy atom. The van der Waals surface area contributed by atoms with Crippen LogP contribution < -0.4 is 4.74 Å². The first-order valence-corrected chi connectivity index (χ1v) is 6.95. The summed E-state index contributed by atoms with van der Waals surface area (Å²) in [5, 5.41) is 0. The Labute approximate surface area is 121 Å². The maximum Gasteiger partial charge on any atom is 0.196 e. The third-order valence-electron chi connectivity index (χ3n) is 2.85. The monoisotopic (exact) mass is 318 g/mol. The van der Waals surface area contributed by atoms with E-state index in [1.807, 2.05) is 50.2 Å². The fourth-order valence-electron chi connectivity index (χ4n) is 1.88. The van der Waals surface area contributed by atoms with Gasteiger partial charge >= 0.3 is 0 Å². The van der Waals surface area contributed by atoms with Gasteiger partial charge in [0.1, 0.15) is 5.75 Å². The van der Waals surface area contributed by atoms with Crippen LogP contribution in [0.25, 0.3) is 0 Å². The van der Waals surface area contributed by atoms with Crippen molar-refractivity contribution in [1.29, 1.82) is 0 Å². The molecule has 0 fully saturated rings. The molecule has 0 aliphatic heterocycles. The number of ether oxygens (including phenoxy) is 1. The number of para-hydroxylation sites is 1. The third-order valence-corrected chi connectivity index (χ3v) is 3.74. The number of benzene rings is 2. The molecule has 0 saturated carbocycles. The van der Waals surface area contributed by atoms with Gasteiger partial charge in [0.25, 0.3) is 0 Å². The minimum atomic E-state index is -0.0142. The van der Waals surface area contributed by atoms with Crippen molar-refractivity contribution < 1.29 is 9.53 Å². The van der Waals surface area contributed by atoms with Crippen molar-refractivity contribution in [1.82, 2.24) is 0 Å². The van der Waals surface area contributed by atoms with Crippen LogP contribution in [0.2, 0.25) is 0 Å². The molecule has 0 N–H and O–H groups in total. The van der Waals surface area contributed by atoms with Gasteiger partial charge in [0.15, 0.2) is 5.78 Å². The van der Waals surface area contributed by atoms with Crippen LogP contribution >= 0.6 is 15.9 Å². The molecule has 2 rings (SSSR count). The Morgan fingerprint density at radius 2 is 1.95 bits per heavy atom. The lowest BCUT2D eigenvalue weighted by molar-refractivity contribution is 0.103. The first-order valence-electron chi connectivity index (χ1n) is 6.16. The van der Waals surface area contributed by atoms with E-state index in [-0.39, 0.29) is 5.78 Å². The number of rotatable bonds is 4. The molecule has 2 aromatic carbocycles. The predicted octanol–water partition coefficient (Wildman–Crippen LogP) is 4.39. The quantitative estimate of drug-likeness (QED) is 0.782. The fourth-order valence-corrected chi connectivity index (χ4v) is 2.12. The lowest BCUT2D eigenvalue weighted by Crippen LogP contribution is -2.05. The van der Waals surface area contributed by atoms with Crippen LogP contribution in [0, 0.1) is 6.92 Å². The maximum absolute atomic E-state index is 12.5. The van der Waals surface area contributed by atoms with Crippen molar-refractivity contribution in [2.45, 2.75) is 13.8 Å². The highest BCUT2D eigenvalue weighted by Crippen LogP contribution is 2.24. The van der Waals surface area contributed by atoms with Crippen LogP contribution in [0.4, 0.5) is 0 Å². The Balaban J connectivity index is 2.41. The molecule has 0 aromatic heterocycles. The van der Waals surface area contributed by atoms with Gasteiger partial charge in [-0.15, -0.1) is 0 Å². The summed E-state index contributed by atoms with van der Waals surface area (Å²) in [6.45, 7) is 4.42. The largest absolute Gasteiger partial charge is 0.493 e. The highest BCUT2D eigenvalue weighted by Gasteiger charge is 2.14. The highest BCUT2D eigenvalue weighted by molar-refractivity contribution is 9.10. The van der Waals surface area contributed by atoms with E-state index in [0.29, 0.717) is 23.5 Å². The van der Waals surface area contributed by atoms with E-state index in [9.17, 15) is 4.79 Å². The van der Waals surface area contributed by atoms with Gasteiger partial charge in [-0.2, -0.15) is 0 Å². The molecule has 0 bridgehead atoms. The molecule has 3 heteroatoms. The standard InChI is InChI=1S/C16H15BrO2/c1-3-19-15-7-5-4-6-13(15)16(18)12-8-9-14(17)11(2)10-12/h4-10H,3H2,1-2H3. The zero-order chi connectivity index (χ0) is 13.8. The van der Waals surface area contributed by atoms with Gasteiger partial charge in [-0.3, -0.25) is 4.79 Å². The molecule has 0 saturated heterocycles. The zero-order valence-electron chi connectivity index (χ0n) is 10.9. The summed E-state index contributed by atoms with van der Waals surface area (Å²) in [7, 11) is 0. The van der Waals surface area contributed by atoms with Crippen LogP contribution in [0.1, 0.15) is 28.4 Å². The molecule has 0 aliphatic carbocycles. The smallest absolute Gasteiger partial charge is 0.196 e. The molecule has 0 aliphatic rings. The van der Waals surface area contributed by atoms with E-state index < -0.39 is 0 Å². The van der Waals surface area contributed by atoms with E-state index >= 15 is 0 Å². The van der Waals surface area contributed by atoms with Gasteiger partial charge in [-0.1, -0.05) is 28.1 Å². The van der Waals surface area contributed by atoms with E-state index in [4.69, 9.17) is 4.74 Å². The first kappa shape index (κ1) is 13.8. The number of carbonyl (C=O) groups excluding carboxylic acids is 1. The van der Waals surface area contributed by atoms with Crippen molar-refractivity contribution >= 4 is 21.7 Å². The Hall–Kier alpha value is -1.61. The average molecular weight is 319 g/mol. The molecular weight excluding hydrogens is 304 g/mol. The molecule has 0 radical (unpaired) electrons. The molecule has 98 valence electrons. The van der Waals surface area contributed by atoms with Crippen molar-refractivity contribution in [3.63, 3.8) is 0 Å². The number of hydrogen-bond acceptors (Lipinski definition) is 2. The lowest BCUT2D eigenvalue weighted by Gasteiger charge is -2.09. The average Bonchev–Trinajstić information content (AvgIpc) is 2.42. The summed E-state index contributed by atoms with van der Waals surface area (Å²) >= 11 is 3.44. The molecule has 0 unspecified atom stereocenters. The molecule has 0 atom stereocenters. The van der Waals surface area contributed by atoms with Crippen LogP contribution in [0.15, 0.2) is 46.9 Å². The Morgan fingerprint density at radius 1 is 1.21 bits per heavy atom. The van der Waals surface area contributed by atoms with E-state index in [2.05, 4.69) is 15.9 Å². The van der Waals surface area contributed by atoms with Crippen molar-refractivity contribution in [2.24, 2.45) is 0 Å². The minimum Gasteiger partial charge on any atom is -0.493 e. The third kappa shape index (κ3) is 3.04. The van der Waals surface area contributed by atoms with E-state index in [1.165, 1.54) is 0 Å². The Bertz CT molecular complexity index is 605. The molecule has 2 nitrogen and oxygen atoms in total. The summed E-state index contributed by atoms with van der Waals surface area (Å²) in [5.41, 5.74) is 2.32. The summed E-state index contributed by atoms with van der Waals surface area (Å²) in [5.74, 6) is 0.621. The second-order valence-corrected chi connectivity index (χ2v) is 5.08. The second-order valence-electron chi connectivity index (χ2n) is 4.22. The Kier molecular flexibility index (Phi) is 4.38. The van der Waals surface area contributed by atoms with Crippen molar-refractivity contribution in [3.05, 3.63) is 63.6 Å². The topological polar surface area (TPSA) is 26.3 Å². The SMILES string of the molecule is CCOc1ccccc1C(=O)c1ccc(Br)c(C)c1. The minimum absolute atomic E-state index is 0.0142. The number of carbonyl (C=O) groups is 1. The van der Waals surface area contributed by atoms with E-state index in [0.717, 1.165) is 10.0 Å². The number of hydrogen-bond donors (Lipinski definition) is 0. The van der Waals surface area contributed by atoms with Crippen molar-refractivity contribution in [2.75, 3.05) is 6.61 Å². The predicted molar refractivity (Wildman–Crippen MR) is 79.9 cm³/mol. The van der Waals surface area contributed by atoms with Gasteiger partial charge in [0.2, 0.25) is 0 Å². The van der Waals surface area contributed by atoms with E-state index in [1.54, 1.807) is 6.07 Å². The van der Waals surface area contributed by atoms with Gasteiger partial charge in [-0.05, 0) is 49.7 Å². The highest BCUT2D eigenvalue weighted by atomic mass is 79.9. The van der Waals surface area contributed by atoms with Gasteiger partial charge in [-0.25, -0.2) is 0 Å².